The van der Waals surface area contributed by atoms with E-state index in [4.69, 9.17) is 9.47 Å². The van der Waals surface area contributed by atoms with Crippen molar-refractivity contribution >= 4 is 40.0 Å². The molecule has 1 unspecified atom stereocenters. The van der Waals surface area contributed by atoms with E-state index < -0.39 is 5.97 Å². The number of amides is 1. The number of aromatic nitrogens is 3. The molecule has 0 saturated carbocycles. The maximum absolute atomic E-state index is 12.7. The Morgan fingerprint density at radius 1 is 1.21 bits per heavy atom. The second kappa shape index (κ2) is 12.0. The van der Waals surface area contributed by atoms with Gasteiger partial charge in [-0.15, -0.1) is 21.5 Å². The highest BCUT2D eigenvalue weighted by molar-refractivity contribution is 7.99. The smallest absolute Gasteiger partial charge is 0.341 e. The summed E-state index contributed by atoms with van der Waals surface area (Å²) in [6.45, 7) is 10.6. The molecule has 0 aliphatic heterocycles. The minimum Gasteiger partial charge on any atom is -0.482 e. The van der Waals surface area contributed by atoms with E-state index in [1.807, 2.05) is 56.5 Å². The zero-order valence-corrected chi connectivity index (χ0v) is 21.7. The van der Waals surface area contributed by atoms with Crippen LogP contribution in [0.1, 0.15) is 60.4 Å². The summed E-state index contributed by atoms with van der Waals surface area (Å²) >= 11 is 2.68. The minimum absolute atomic E-state index is 0.132. The van der Waals surface area contributed by atoms with E-state index in [1.54, 1.807) is 13.0 Å². The molecule has 1 aromatic carbocycles. The maximum atomic E-state index is 12.7. The molecule has 0 radical (unpaired) electrons. The standard InChI is InChI=1S/C24H30N4O4S2/c1-6-17-13-18(23(30)31-8-3)22(34-17)25-20(29)14-33-24-27-26-21(28(24)7-2)16(5)32-19-12-10-9-11-15(19)4/h9-13,16H,6-8,14H2,1-5H3,(H,25,29). The van der Waals surface area contributed by atoms with Gasteiger partial charge in [-0.25, -0.2) is 4.79 Å². The Kier molecular flexibility index (Phi) is 9.12. The van der Waals surface area contributed by atoms with Gasteiger partial charge in [-0.3, -0.25) is 4.79 Å². The van der Waals surface area contributed by atoms with Crippen LogP contribution in [0.15, 0.2) is 35.5 Å². The van der Waals surface area contributed by atoms with Gasteiger partial charge >= 0.3 is 5.97 Å². The Balaban J connectivity index is 1.66. The molecule has 2 aromatic heterocycles. The molecule has 0 aliphatic carbocycles. The van der Waals surface area contributed by atoms with Crippen LogP contribution >= 0.6 is 23.1 Å². The summed E-state index contributed by atoms with van der Waals surface area (Å²) < 4.78 is 13.2. The number of carbonyl (C=O) groups excluding carboxylic acids is 2. The molecule has 8 nitrogen and oxygen atoms in total. The van der Waals surface area contributed by atoms with Crippen molar-refractivity contribution in [3.05, 3.63) is 52.2 Å². The second-order valence-corrected chi connectivity index (χ2v) is 9.56. The van der Waals surface area contributed by atoms with Gasteiger partial charge in [-0.1, -0.05) is 36.9 Å². The first-order valence-corrected chi connectivity index (χ1v) is 13.1. The van der Waals surface area contributed by atoms with Crippen LogP contribution in [0.25, 0.3) is 0 Å². The number of anilines is 1. The van der Waals surface area contributed by atoms with E-state index in [2.05, 4.69) is 15.5 Å². The predicted molar refractivity (Wildman–Crippen MR) is 135 cm³/mol. The van der Waals surface area contributed by atoms with Crippen molar-refractivity contribution in [3.8, 4) is 5.75 Å². The van der Waals surface area contributed by atoms with E-state index in [-0.39, 0.29) is 24.4 Å². The van der Waals surface area contributed by atoms with Gasteiger partial charge in [0.15, 0.2) is 17.1 Å². The SMILES string of the molecule is CCOC(=O)c1cc(CC)sc1NC(=O)CSc1nnc(C(C)Oc2ccccc2C)n1CC. The van der Waals surface area contributed by atoms with Gasteiger partial charge in [0.1, 0.15) is 10.8 Å². The maximum Gasteiger partial charge on any atom is 0.341 e. The summed E-state index contributed by atoms with van der Waals surface area (Å²) in [7, 11) is 0. The molecule has 1 amide bonds. The highest BCUT2D eigenvalue weighted by atomic mass is 32.2. The van der Waals surface area contributed by atoms with Crippen LogP contribution < -0.4 is 10.1 Å². The number of nitrogens with zero attached hydrogens (tertiary/aromatic N) is 3. The normalized spacial score (nSPS) is 11.8. The average molecular weight is 503 g/mol. The highest BCUT2D eigenvalue weighted by Crippen LogP contribution is 2.30. The largest absolute Gasteiger partial charge is 0.482 e. The molecule has 0 fully saturated rings. The molecular weight excluding hydrogens is 472 g/mol. The Bertz CT molecular complexity index is 1140. The van der Waals surface area contributed by atoms with E-state index in [9.17, 15) is 9.59 Å². The van der Waals surface area contributed by atoms with Gasteiger partial charge in [0.25, 0.3) is 0 Å². The summed E-state index contributed by atoms with van der Waals surface area (Å²) in [6, 6.07) is 9.61. The molecule has 3 rings (SSSR count). The molecule has 0 spiro atoms. The fourth-order valence-corrected chi connectivity index (χ4v) is 5.11. The third-order valence-corrected chi connectivity index (χ3v) is 7.20. The summed E-state index contributed by atoms with van der Waals surface area (Å²) in [5, 5.41) is 12.6. The Morgan fingerprint density at radius 3 is 2.65 bits per heavy atom. The topological polar surface area (TPSA) is 95.3 Å². The Hall–Kier alpha value is -2.85. The number of ether oxygens (including phenoxy) is 2. The Labute approximate surface area is 208 Å². The van der Waals surface area contributed by atoms with Crippen molar-refractivity contribution in [2.24, 2.45) is 0 Å². The number of benzene rings is 1. The van der Waals surface area contributed by atoms with Crippen LogP contribution in [-0.2, 0) is 22.5 Å². The van der Waals surface area contributed by atoms with Gasteiger partial charge < -0.3 is 19.4 Å². The zero-order valence-electron chi connectivity index (χ0n) is 20.1. The van der Waals surface area contributed by atoms with Gasteiger partial charge in [0, 0.05) is 11.4 Å². The molecule has 34 heavy (non-hydrogen) atoms. The highest BCUT2D eigenvalue weighted by Gasteiger charge is 2.22. The lowest BCUT2D eigenvalue weighted by molar-refractivity contribution is -0.113. The number of esters is 1. The van der Waals surface area contributed by atoms with Crippen molar-refractivity contribution in [2.45, 2.75) is 58.8 Å². The molecular formula is C24H30N4O4S2. The molecule has 1 N–H and O–H groups in total. The number of nitrogens with one attached hydrogen (secondary N) is 1. The van der Waals surface area contributed by atoms with Gasteiger partial charge in [-0.05, 0) is 51.8 Å². The fourth-order valence-electron chi connectivity index (χ4n) is 3.30. The summed E-state index contributed by atoms with van der Waals surface area (Å²) in [5.74, 6) is 0.973. The molecule has 1 atom stereocenters. The summed E-state index contributed by atoms with van der Waals surface area (Å²) in [6.07, 6.45) is 0.467. The monoisotopic (exact) mass is 502 g/mol. The quantitative estimate of drug-likeness (QED) is 0.282. The van der Waals surface area contributed by atoms with Gasteiger partial charge in [0.05, 0.1) is 17.9 Å². The average Bonchev–Trinajstić information content (AvgIpc) is 3.43. The first-order valence-electron chi connectivity index (χ1n) is 11.3. The molecule has 0 bridgehead atoms. The zero-order chi connectivity index (χ0) is 24.7. The lowest BCUT2D eigenvalue weighted by atomic mass is 10.2. The van der Waals surface area contributed by atoms with Crippen LogP contribution in [0.4, 0.5) is 5.00 Å². The molecule has 10 heteroatoms. The van der Waals surface area contributed by atoms with E-state index in [0.29, 0.717) is 28.1 Å². The third kappa shape index (κ3) is 6.18. The van der Waals surface area contributed by atoms with Crippen LogP contribution in [0, 0.1) is 6.92 Å². The number of thioether (sulfide) groups is 1. The summed E-state index contributed by atoms with van der Waals surface area (Å²) in [5.41, 5.74) is 1.44. The minimum atomic E-state index is -0.431. The first-order chi connectivity index (χ1) is 16.4. The number of carbonyl (C=O) groups is 2. The third-order valence-electron chi connectivity index (χ3n) is 5.03. The number of aryl methyl sites for hydroxylation is 2. The van der Waals surface area contributed by atoms with Crippen molar-refractivity contribution < 1.29 is 19.1 Å². The van der Waals surface area contributed by atoms with E-state index in [1.165, 1.54) is 23.1 Å². The molecule has 0 aliphatic rings. The number of hydrogen-bond acceptors (Lipinski definition) is 8. The molecule has 3 aromatic rings. The molecule has 2 heterocycles. The van der Waals surface area contributed by atoms with Gasteiger partial charge in [-0.2, -0.15) is 0 Å². The number of thiophene rings is 1. The van der Waals surface area contributed by atoms with Crippen molar-refractivity contribution in [1.82, 2.24) is 14.8 Å². The van der Waals surface area contributed by atoms with Crippen molar-refractivity contribution in [3.63, 3.8) is 0 Å². The van der Waals surface area contributed by atoms with Crippen LogP contribution in [0.5, 0.6) is 5.75 Å². The van der Waals surface area contributed by atoms with Crippen LogP contribution in [0.3, 0.4) is 0 Å². The number of rotatable bonds is 11. The lowest BCUT2D eigenvalue weighted by Crippen LogP contribution is -2.17. The van der Waals surface area contributed by atoms with Crippen LogP contribution in [0.2, 0.25) is 0 Å². The van der Waals surface area contributed by atoms with Crippen molar-refractivity contribution in [1.29, 1.82) is 0 Å². The van der Waals surface area contributed by atoms with Gasteiger partial charge in [0.2, 0.25) is 5.91 Å². The van der Waals surface area contributed by atoms with Crippen LogP contribution in [-0.4, -0.2) is 39.0 Å². The van der Waals surface area contributed by atoms with Crippen molar-refractivity contribution in [2.75, 3.05) is 17.7 Å². The lowest BCUT2D eigenvalue weighted by Gasteiger charge is -2.17. The van der Waals surface area contributed by atoms with E-state index >= 15 is 0 Å². The molecule has 0 saturated heterocycles. The second-order valence-electron chi connectivity index (χ2n) is 7.48. The first kappa shape index (κ1) is 25.8. The summed E-state index contributed by atoms with van der Waals surface area (Å²) in [4.78, 5) is 25.9. The number of para-hydroxylation sites is 1. The van der Waals surface area contributed by atoms with E-state index in [0.717, 1.165) is 22.6 Å². The number of hydrogen-bond donors (Lipinski definition) is 1. The Morgan fingerprint density at radius 2 is 1.97 bits per heavy atom. The predicted octanol–water partition coefficient (Wildman–Crippen LogP) is 5.28. The molecule has 182 valence electrons. The fraction of sp³-hybridized carbons (Fsp3) is 0.417.